The second kappa shape index (κ2) is 3.89. The van der Waals surface area contributed by atoms with Gasteiger partial charge in [0.25, 0.3) is 0 Å². The molecule has 2 aliphatic carbocycles. The first-order chi connectivity index (χ1) is 7.81. The van der Waals surface area contributed by atoms with Gasteiger partial charge in [0.05, 0.1) is 0 Å². The van der Waals surface area contributed by atoms with E-state index < -0.39 is 0 Å². The van der Waals surface area contributed by atoms with E-state index in [0.29, 0.717) is 0 Å². The van der Waals surface area contributed by atoms with Gasteiger partial charge in [-0.25, -0.2) is 0 Å². The maximum Gasteiger partial charge on any atom is 0.0445 e. The van der Waals surface area contributed by atoms with Crippen LogP contribution in [0.4, 0.5) is 0 Å². The molecule has 0 aliphatic heterocycles. The zero-order chi connectivity index (χ0) is 11.0. The van der Waals surface area contributed by atoms with Gasteiger partial charge in [0.1, 0.15) is 0 Å². The van der Waals surface area contributed by atoms with Crippen molar-refractivity contribution in [3.8, 4) is 0 Å². The van der Waals surface area contributed by atoms with Crippen molar-refractivity contribution >= 4 is 0 Å². The maximum atomic E-state index is 6.54. The van der Waals surface area contributed by atoms with E-state index in [9.17, 15) is 0 Å². The highest BCUT2D eigenvalue weighted by Gasteiger charge is 2.55. The summed E-state index contributed by atoms with van der Waals surface area (Å²) in [6.07, 6.45) is 8.32. The standard InChI is InChI=1S/C15H21N/c16-15(13-9-5-2-6-10-13)11-14(15)12-7-3-1-4-8-12/h2,5-6,9-10,12,14H,1,3-4,7-8,11,16H2. The van der Waals surface area contributed by atoms with E-state index in [4.69, 9.17) is 5.73 Å². The van der Waals surface area contributed by atoms with Gasteiger partial charge < -0.3 is 5.73 Å². The zero-order valence-electron chi connectivity index (χ0n) is 9.86. The van der Waals surface area contributed by atoms with Gasteiger partial charge in [0.15, 0.2) is 0 Å². The minimum atomic E-state index is 0.0171. The first-order valence-electron chi connectivity index (χ1n) is 6.65. The van der Waals surface area contributed by atoms with Crippen LogP contribution in [0.5, 0.6) is 0 Å². The second-order valence-corrected chi connectivity index (χ2v) is 5.62. The summed E-state index contributed by atoms with van der Waals surface area (Å²) in [6, 6.07) is 10.7. The lowest BCUT2D eigenvalue weighted by Gasteiger charge is -2.24. The molecule has 2 unspecified atom stereocenters. The van der Waals surface area contributed by atoms with Gasteiger partial charge in [-0.3, -0.25) is 0 Å². The van der Waals surface area contributed by atoms with Gasteiger partial charge in [0.2, 0.25) is 0 Å². The Balaban J connectivity index is 1.73. The summed E-state index contributed by atoms with van der Waals surface area (Å²) in [6.45, 7) is 0. The molecule has 0 saturated heterocycles. The van der Waals surface area contributed by atoms with Crippen molar-refractivity contribution in [3.63, 3.8) is 0 Å². The maximum absolute atomic E-state index is 6.54. The lowest BCUT2D eigenvalue weighted by molar-refractivity contribution is 0.302. The normalized spacial score (nSPS) is 34.9. The molecule has 3 rings (SSSR count). The van der Waals surface area contributed by atoms with Crippen LogP contribution in [0.15, 0.2) is 30.3 Å². The molecule has 2 saturated carbocycles. The van der Waals surface area contributed by atoms with Crippen LogP contribution in [0.1, 0.15) is 44.1 Å². The number of nitrogens with two attached hydrogens (primary N) is 1. The quantitative estimate of drug-likeness (QED) is 0.803. The fraction of sp³-hybridized carbons (Fsp3) is 0.600. The number of rotatable bonds is 2. The van der Waals surface area contributed by atoms with E-state index in [2.05, 4.69) is 30.3 Å². The third-order valence-corrected chi connectivity index (χ3v) is 4.59. The van der Waals surface area contributed by atoms with Gasteiger partial charge in [-0.05, 0) is 23.8 Å². The Morgan fingerprint density at radius 2 is 1.69 bits per heavy atom. The molecule has 2 atom stereocenters. The van der Waals surface area contributed by atoms with Crippen molar-refractivity contribution in [2.75, 3.05) is 0 Å². The number of hydrogen-bond donors (Lipinski definition) is 1. The average molecular weight is 215 g/mol. The average Bonchev–Trinajstić information content (AvgIpc) is 3.06. The van der Waals surface area contributed by atoms with Crippen molar-refractivity contribution in [2.24, 2.45) is 17.6 Å². The van der Waals surface area contributed by atoms with Gasteiger partial charge in [-0.15, -0.1) is 0 Å². The summed E-state index contributed by atoms with van der Waals surface area (Å²) >= 11 is 0. The highest BCUT2D eigenvalue weighted by Crippen LogP contribution is 2.56. The lowest BCUT2D eigenvalue weighted by atomic mass is 9.83. The Labute approximate surface area is 98.0 Å². The second-order valence-electron chi connectivity index (χ2n) is 5.62. The van der Waals surface area contributed by atoms with E-state index in [-0.39, 0.29) is 5.54 Å². The number of hydrogen-bond acceptors (Lipinski definition) is 1. The summed E-state index contributed by atoms with van der Waals surface area (Å²) in [5.41, 5.74) is 7.91. The van der Waals surface area contributed by atoms with E-state index in [0.717, 1.165) is 11.8 Å². The van der Waals surface area contributed by atoms with Crippen molar-refractivity contribution in [1.82, 2.24) is 0 Å². The minimum absolute atomic E-state index is 0.0171. The summed E-state index contributed by atoms with van der Waals surface area (Å²) < 4.78 is 0. The zero-order valence-corrected chi connectivity index (χ0v) is 9.86. The van der Waals surface area contributed by atoms with Crippen LogP contribution in [0.3, 0.4) is 0 Å². The van der Waals surface area contributed by atoms with Gasteiger partial charge in [0, 0.05) is 5.54 Å². The van der Waals surface area contributed by atoms with Crippen LogP contribution in [0.25, 0.3) is 0 Å². The fourth-order valence-corrected chi connectivity index (χ4v) is 3.51. The fourth-order valence-electron chi connectivity index (χ4n) is 3.51. The Morgan fingerprint density at radius 3 is 2.38 bits per heavy atom. The Kier molecular flexibility index (Phi) is 2.51. The van der Waals surface area contributed by atoms with Crippen molar-refractivity contribution in [1.29, 1.82) is 0 Å². The molecule has 0 bridgehead atoms. The molecule has 1 aromatic rings. The van der Waals surface area contributed by atoms with Crippen LogP contribution in [-0.4, -0.2) is 0 Å². The van der Waals surface area contributed by atoms with Crippen LogP contribution in [0.2, 0.25) is 0 Å². The van der Waals surface area contributed by atoms with Gasteiger partial charge in [-0.2, -0.15) is 0 Å². The summed E-state index contributed by atoms with van der Waals surface area (Å²) in [4.78, 5) is 0. The molecule has 86 valence electrons. The first kappa shape index (κ1) is 10.3. The molecule has 2 fully saturated rings. The smallest absolute Gasteiger partial charge is 0.0445 e. The molecular formula is C15H21N. The summed E-state index contributed by atoms with van der Waals surface area (Å²) in [7, 11) is 0. The molecule has 2 aliphatic rings. The van der Waals surface area contributed by atoms with Gasteiger partial charge >= 0.3 is 0 Å². The van der Waals surface area contributed by atoms with E-state index in [1.54, 1.807) is 0 Å². The van der Waals surface area contributed by atoms with Crippen LogP contribution in [0, 0.1) is 11.8 Å². The van der Waals surface area contributed by atoms with Crippen molar-refractivity contribution in [3.05, 3.63) is 35.9 Å². The van der Waals surface area contributed by atoms with Crippen molar-refractivity contribution in [2.45, 2.75) is 44.1 Å². The van der Waals surface area contributed by atoms with E-state index in [1.165, 1.54) is 44.1 Å². The lowest BCUT2D eigenvalue weighted by Crippen LogP contribution is -2.25. The predicted octanol–water partition coefficient (Wildman–Crippen LogP) is 3.44. The Bertz CT molecular complexity index is 353. The molecule has 0 heterocycles. The molecule has 0 radical (unpaired) electrons. The SMILES string of the molecule is NC1(c2ccccc2)CC1C1CCCCC1. The Morgan fingerprint density at radius 1 is 1.00 bits per heavy atom. The highest BCUT2D eigenvalue weighted by atomic mass is 14.9. The molecule has 0 aromatic heterocycles. The van der Waals surface area contributed by atoms with Crippen LogP contribution < -0.4 is 5.73 Å². The molecule has 2 N–H and O–H groups in total. The monoisotopic (exact) mass is 215 g/mol. The molecule has 1 nitrogen and oxygen atoms in total. The minimum Gasteiger partial charge on any atom is -0.321 e. The molecule has 1 heteroatoms. The molecule has 0 amide bonds. The molecule has 0 spiro atoms. The van der Waals surface area contributed by atoms with Crippen LogP contribution >= 0.6 is 0 Å². The Hall–Kier alpha value is -0.820. The third-order valence-electron chi connectivity index (χ3n) is 4.59. The predicted molar refractivity (Wildman–Crippen MR) is 67.0 cm³/mol. The van der Waals surface area contributed by atoms with Gasteiger partial charge in [-0.1, -0.05) is 62.4 Å². The topological polar surface area (TPSA) is 26.0 Å². The molecule has 1 aromatic carbocycles. The number of benzene rings is 1. The summed E-state index contributed by atoms with van der Waals surface area (Å²) in [5.74, 6) is 1.66. The summed E-state index contributed by atoms with van der Waals surface area (Å²) in [5, 5.41) is 0. The highest BCUT2D eigenvalue weighted by molar-refractivity contribution is 5.32. The van der Waals surface area contributed by atoms with Crippen LogP contribution in [-0.2, 0) is 5.54 Å². The molecule has 16 heavy (non-hydrogen) atoms. The third kappa shape index (κ3) is 1.67. The molecular weight excluding hydrogens is 194 g/mol. The largest absolute Gasteiger partial charge is 0.321 e. The van der Waals surface area contributed by atoms with E-state index >= 15 is 0 Å². The first-order valence-corrected chi connectivity index (χ1v) is 6.65. The van der Waals surface area contributed by atoms with Crippen molar-refractivity contribution < 1.29 is 0 Å². The van der Waals surface area contributed by atoms with E-state index in [1.807, 2.05) is 0 Å².